The Bertz CT molecular complexity index is 1170. The number of aliphatic hydroxyl groups is 1. The van der Waals surface area contributed by atoms with Gasteiger partial charge in [-0.25, -0.2) is 8.78 Å². The Hall–Kier alpha value is -3.61. The molecule has 0 fully saturated rings. The number of pyridine rings is 1. The summed E-state index contributed by atoms with van der Waals surface area (Å²) in [6, 6.07) is 13.7. The average molecular weight is 389 g/mol. The molecule has 0 saturated heterocycles. The van der Waals surface area contributed by atoms with Crippen LogP contribution in [-0.4, -0.2) is 15.7 Å². The van der Waals surface area contributed by atoms with Crippen molar-refractivity contribution in [2.45, 2.75) is 25.9 Å². The van der Waals surface area contributed by atoms with Crippen LogP contribution >= 0.6 is 0 Å². The minimum Gasteiger partial charge on any atom is -0.390 e. The molecule has 3 rings (SSSR count). The topological polar surface area (TPSA) is 80.7 Å². The molecule has 0 aliphatic rings. The molecule has 0 radical (unpaired) electrons. The molecule has 4 nitrogen and oxygen atoms in total. The molecule has 0 aliphatic carbocycles. The van der Waals surface area contributed by atoms with Gasteiger partial charge >= 0.3 is 0 Å². The molecule has 1 heterocycles. The maximum absolute atomic E-state index is 15.0. The van der Waals surface area contributed by atoms with Crippen molar-refractivity contribution in [3.8, 4) is 34.5 Å². The smallest absolute Gasteiger partial charge is 0.141 e. The molecular weight excluding hydrogens is 372 g/mol. The summed E-state index contributed by atoms with van der Waals surface area (Å²) in [5.41, 5.74) is 0.635. The molecule has 0 amide bonds. The maximum atomic E-state index is 15.0. The highest BCUT2D eigenvalue weighted by molar-refractivity contribution is 5.85. The van der Waals surface area contributed by atoms with E-state index in [-0.39, 0.29) is 34.4 Å². The van der Waals surface area contributed by atoms with Crippen LogP contribution in [0.3, 0.4) is 0 Å². The summed E-state index contributed by atoms with van der Waals surface area (Å²) in [5.74, 6) is -1.30. The van der Waals surface area contributed by atoms with Crippen molar-refractivity contribution in [3.63, 3.8) is 0 Å². The Morgan fingerprint density at radius 2 is 1.69 bits per heavy atom. The van der Waals surface area contributed by atoms with E-state index in [0.717, 1.165) is 6.07 Å². The normalized spacial score (nSPS) is 11.0. The first-order valence-electron chi connectivity index (χ1n) is 8.84. The predicted molar refractivity (Wildman–Crippen MR) is 104 cm³/mol. The summed E-state index contributed by atoms with van der Waals surface area (Å²) >= 11 is 0. The number of halogens is 2. The quantitative estimate of drug-likeness (QED) is 0.698. The summed E-state index contributed by atoms with van der Waals surface area (Å²) in [4.78, 5) is 4.25. The lowest BCUT2D eigenvalue weighted by Gasteiger charge is -2.18. The minimum atomic E-state index is -0.995. The second kappa shape index (κ2) is 7.79. The Labute approximate surface area is 167 Å². The molecule has 2 aromatic carbocycles. The Morgan fingerprint density at radius 3 is 2.28 bits per heavy atom. The van der Waals surface area contributed by atoms with Crippen LogP contribution in [0.2, 0.25) is 0 Å². The zero-order valence-corrected chi connectivity index (χ0v) is 15.9. The van der Waals surface area contributed by atoms with Crippen LogP contribution in [-0.2, 0) is 6.42 Å². The number of rotatable bonds is 4. The molecule has 0 bridgehead atoms. The fraction of sp³-hybridized carbons (Fsp3) is 0.174. The molecule has 0 spiro atoms. The summed E-state index contributed by atoms with van der Waals surface area (Å²) in [6.45, 7) is 3.26. The summed E-state index contributed by atoms with van der Waals surface area (Å²) in [6.07, 6.45) is 1.66. The fourth-order valence-electron chi connectivity index (χ4n) is 3.17. The van der Waals surface area contributed by atoms with Gasteiger partial charge in [0.05, 0.1) is 28.5 Å². The maximum Gasteiger partial charge on any atom is 0.141 e. The average Bonchev–Trinajstić information content (AvgIpc) is 2.66. The first kappa shape index (κ1) is 20.1. The van der Waals surface area contributed by atoms with Crippen LogP contribution in [0.4, 0.5) is 8.78 Å². The molecule has 1 aromatic heterocycles. The zero-order valence-electron chi connectivity index (χ0n) is 15.9. The van der Waals surface area contributed by atoms with Crippen LogP contribution in [0.25, 0.3) is 22.4 Å². The molecular formula is C23H17F2N3O. The van der Waals surface area contributed by atoms with Gasteiger partial charge in [0.1, 0.15) is 17.7 Å². The third kappa shape index (κ3) is 4.29. The molecule has 0 unspecified atom stereocenters. The number of nitriles is 2. The number of aromatic nitrogens is 1. The molecule has 0 aliphatic heterocycles. The second-order valence-corrected chi connectivity index (χ2v) is 7.30. The van der Waals surface area contributed by atoms with Gasteiger partial charge in [-0.15, -0.1) is 0 Å². The molecule has 3 aromatic rings. The van der Waals surface area contributed by atoms with Gasteiger partial charge in [0.15, 0.2) is 0 Å². The number of hydrogen-bond acceptors (Lipinski definition) is 4. The third-order valence-corrected chi connectivity index (χ3v) is 4.37. The molecule has 29 heavy (non-hydrogen) atoms. The zero-order chi connectivity index (χ0) is 21.2. The van der Waals surface area contributed by atoms with Gasteiger partial charge in [-0.1, -0.05) is 18.2 Å². The highest BCUT2D eigenvalue weighted by Crippen LogP contribution is 2.35. The van der Waals surface area contributed by atoms with Crippen molar-refractivity contribution >= 4 is 0 Å². The lowest BCUT2D eigenvalue weighted by Crippen LogP contribution is -2.21. The monoisotopic (exact) mass is 389 g/mol. The summed E-state index contributed by atoms with van der Waals surface area (Å²) in [5, 5.41) is 28.4. The van der Waals surface area contributed by atoms with E-state index in [4.69, 9.17) is 5.26 Å². The van der Waals surface area contributed by atoms with Crippen LogP contribution in [0, 0.1) is 34.3 Å². The predicted octanol–water partition coefficient (Wildman–Crippen LogP) is 4.75. The van der Waals surface area contributed by atoms with Crippen molar-refractivity contribution in [2.24, 2.45) is 0 Å². The highest BCUT2D eigenvalue weighted by atomic mass is 19.1. The van der Waals surface area contributed by atoms with E-state index in [2.05, 4.69) is 4.98 Å². The molecule has 0 atom stereocenters. The van der Waals surface area contributed by atoms with Crippen molar-refractivity contribution in [3.05, 3.63) is 77.0 Å². The molecule has 6 heteroatoms. The van der Waals surface area contributed by atoms with Gasteiger partial charge in [-0.05, 0) is 43.7 Å². The van der Waals surface area contributed by atoms with Crippen LogP contribution in [0.1, 0.15) is 30.5 Å². The fourth-order valence-corrected chi connectivity index (χ4v) is 3.17. The van der Waals surface area contributed by atoms with E-state index in [1.54, 1.807) is 26.0 Å². The number of hydrogen-bond donors (Lipinski definition) is 1. The van der Waals surface area contributed by atoms with Gasteiger partial charge in [-0.3, -0.25) is 4.98 Å². The number of nitrogens with zero attached hydrogens (tertiary/aromatic N) is 3. The van der Waals surface area contributed by atoms with E-state index in [0.29, 0.717) is 11.1 Å². The van der Waals surface area contributed by atoms with Crippen LogP contribution in [0.5, 0.6) is 0 Å². The van der Waals surface area contributed by atoms with Gasteiger partial charge in [-0.2, -0.15) is 10.5 Å². The van der Waals surface area contributed by atoms with Gasteiger partial charge in [0, 0.05) is 29.3 Å². The van der Waals surface area contributed by atoms with E-state index in [1.165, 1.54) is 36.5 Å². The minimum absolute atomic E-state index is 0.117. The summed E-state index contributed by atoms with van der Waals surface area (Å²) in [7, 11) is 0. The van der Waals surface area contributed by atoms with E-state index < -0.39 is 17.2 Å². The molecule has 144 valence electrons. The SMILES string of the molecule is CC(C)(O)Cc1ccc(-c2c(C#N)ccnc2-c2ccc(C#N)c(F)c2)c(F)c1. The standard InChI is InChI=1S/C23H17F2N3O/c1-23(2,29)11-14-3-6-18(20(25)9-14)21-17(13-27)7-8-28-22(21)15-4-5-16(12-26)19(24)10-15/h3-10,29H,11H2,1-2H3. The van der Waals surface area contributed by atoms with Crippen molar-refractivity contribution in [1.82, 2.24) is 4.98 Å². The Morgan fingerprint density at radius 1 is 0.966 bits per heavy atom. The van der Waals surface area contributed by atoms with Gasteiger partial charge in [0.2, 0.25) is 0 Å². The highest BCUT2D eigenvalue weighted by Gasteiger charge is 2.20. The van der Waals surface area contributed by atoms with Crippen molar-refractivity contribution in [2.75, 3.05) is 0 Å². The van der Waals surface area contributed by atoms with Crippen LogP contribution < -0.4 is 0 Å². The van der Waals surface area contributed by atoms with Crippen molar-refractivity contribution < 1.29 is 13.9 Å². The lowest BCUT2D eigenvalue weighted by atomic mass is 9.92. The van der Waals surface area contributed by atoms with Gasteiger partial charge in [0.25, 0.3) is 0 Å². The first-order chi connectivity index (χ1) is 13.7. The van der Waals surface area contributed by atoms with Crippen LogP contribution in [0.15, 0.2) is 48.7 Å². The van der Waals surface area contributed by atoms with E-state index >= 15 is 0 Å². The van der Waals surface area contributed by atoms with Gasteiger partial charge < -0.3 is 5.11 Å². The van der Waals surface area contributed by atoms with Crippen molar-refractivity contribution in [1.29, 1.82) is 10.5 Å². The van der Waals surface area contributed by atoms with E-state index in [1.807, 2.05) is 6.07 Å². The first-order valence-corrected chi connectivity index (χ1v) is 8.84. The van der Waals surface area contributed by atoms with E-state index in [9.17, 15) is 19.1 Å². The lowest BCUT2D eigenvalue weighted by molar-refractivity contribution is 0.0809. The molecule has 0 saturated carbocycles. The Kier molecular flexibility index (Phi) is 5.41. The third-order valence-electron chi connectivity index (χ3n) is 4.37. The number of benzene rings is 2. The Balaban J connectivity index is 2.19. The second-order valence-electron chi connectivity index (χ2n) is 7.30. The molecule has 1 N–H and O–H groups in total. The largest absolute Gasteiger partial charge is 0.390 e. The summed E-state index contributed by atoms with van der Waals surface area (Å²) < 4.78 is 29.1.